The summed E-state index contributed by atoms with van der Waals surface area (Å²) >= 11 is 2.72. The lowest BCUT2D eigenvalue weighted by atomic mass is 10.3. The van der Waals surface area contributed by atoms with Crippen LogP contribution in [0.3, 0.4) is 0 Å². The number of hydrogen-bond acceptors (Lipinski definition) is 9. The van der Waals surface area contributed by atoms with Gasteiger partial charge in [0.05, 0.1) is 12.1 Å². The van der Waals surface area contributed by atoms with Gasteiger partial charge in [0, 0.05) is 17.8 Å². The largest absolute Gasteiger partial charge is 0.300 e. The lowest BCUT2D eigenvalue weighted by molar-refractivity contribution is -0.115. The minimum atomic E-state index is -0.177. The molecule has 0 fully saturated rings. The molecule has 0 saturated heterocycles. The molecule has 3 aromatic heterocycles. The highest BCUT2D eigenvalue weighted by molar-refractivity contribution is 7.15. The molecule has 0 saturated carbocycles. The summed E-state index contributed by atoms with van der Waals surface area (Å²) in [6.07, 6.45) is 3.45. The van der Waals surface area contributed by atoms with Gasteiger partial charge in [-0.15, -0.1) is 21.5 Å². The van der Waals surface area contributed by atoms with Crippen LogP contribution in [-0.4, -0.2) is 31.1 Å². The van der Waals surface area contributed by atoms with Gasteiger partial charge in [-0.1, -0.05) is 11.3 Å². The topological polar surface area (TPSA) is 106 Å². The van der Waals surface area contributed by atoms with Crippen molar-refractivity contribution in [3.8, 4) is 0 Å². The Kier molecular flexibility index (Phi) is 4.30. The predicted octanol–water partition coefficient (Wildman–Crippen LogP) is 2.02. The summed E-state index contributed by atoms with van der Waals surface area (Å²) in [5.74, 6) is 0.293. The van der Waals surface area contributed by atoms with Crippen molar-refractivity contribution >= 4 is 44.8 Å². The second-order valence-electron chi connectivity index (χ2n) is 4.19. The Balaban J connectivity index is 1.58. The number of nitrogens with zero attached hydrogens (tertiary/aromatic N) is 5. The first-order valence-corrected chi connectivity index (χ1v) is 7.97. The minimum Gasteiger partial charge on any atom is -0.300 e. The Labute approximate surface area is 133 Å². The molecule has 0 unspecified atom stereocenters. The molecule has 3 heterocycles. The summed E-state index contributed by atoms with van der Waals surface area (Å²) in [6.45, 7) is 1.83. The molecule has 112 valence electrons. The average molecular weight is 333 g/mol. The monoisotopic (exact) mass is 333 g/mol. The van der Waals surface area contributed by atoms with Gasteiger partial charge in [-0.2, -0.15) is 0 Å². The fourth-order valence-electron chi connectivity index (χ4n) is 1.58. The Morgan fingerprint density at radius 3 is 2.77 bits per heavy atom. The smallest absolute Gasteiger partial charge is 0.232 e. The Hall–Kier alpha value is -2.46. The van der Waals surface area contributed by atoms with E-state index in [0.717, 1.165) is 5.01 Å². The van der Waals surface area contributed by atoms with Crippen LogP contribution in [0.4, 0.5) is 16.2 Å². The molecule has 0 aromatic carbocycles. The van der Waals surface area contributed by atoms with Gasteiger partial charge in [0.25, 0.3) is 0 Å². The molecule has 0 aliphatic rings. The van der Waals surface area contributed by atoms with Gasteiger partial charge in [-0.05, 0) is 13.0 Å². The fraction of sp³-hybridized carbons (Fsp3) is 0.167. The minimum absolute atomic E-state index is 0.173. The van der Waals surface area contributed by atoms with Gasteiger partial charge in [0.2, 0.25) is 17.0 Å². The molecule has 0 aliphatic carbocycles. The van der Waals surface area contributed by atoms with E-state index in [-0.39, 0.29) is 12.3 Å². The van der Waals surface area contributed by atoms with Gasteiger partial charge < -0.3 is 10.6 Å². The van der Waals surface area contributed by atoms with Crippen molar-refractivity contribution in [3.05, 3.63) is 34.5 Å². The number of carbonyl (C=O) groups excluding carboxylic acids is 1. The number of thiazole rings is 1. The molecule has 3 rings (SSSR count). The fourth-order valence-corrected chi connectivity index (χ4v) is 2.89. The number of nitrogens with one attached hydrogen (secondary N) is 2. The van der Waals surface area contributed by atoms with Gasteiger partial charge in [-0.3, -0.25) is 4.79 Å². The highest BCUT2D eigenvalue weighted by Crippen LogP contribution is 2.19. The summed E-state index contributed by atoms with van der Waals surface area (Å²) in [4.78, 5) is 24.3. The molecule has 0 atom stereocenters. The van der Waals surface area contributed by atoms with Crippen molar-refractivity contribution in [1.29, 1.82) is 0 Å². The van der Waals surface area contributed by atoms with Crippen molar-refractivity contribution in [1.82, 2.24) is 25.1 Å². The van der Waals surface area contributed by atoms with E-state index in [2.05, 4.69) is 35.8 Å². The maximum atomic E-state index is 11.9. The van der Waals surface area contributed by atoms with Crippen LogP contribution < -0.4 is 10.6 Å². The summed E-state index contributed by atoms with van der Waals surface area (Å²) in [6, 6.07) is 1.73. The van der Waals surface area contributed by atoms with Crippen LogP contribution in [0.5, 0.6) is 0 Å². The predicted molar refractivity (Wildman–Crippen MR) is 84.4 cm³/mol. The molecule has 0 spiro atoms. The van der Waals surface area contributed by atoms with E-state index in [9.17, 15) is 4.79 Å². The molecule has 0 radical (unpaired) electrons. The first-order chi connectivity index (χ1) is 10.7. The third-order valence-electron chi connectivity index (χ3n) is 2.45. The molecule has 10 heteroatoms. The summed E-state index contributed by atoms with van der Waals surface area (Å²) in [7, 11) is 0. The van der Waals surface area contributed by atoms with E-state index in [1.807, 2.05) is 12.3 Å². The molecule has 1 amide bonds. The van der Waals surface area contributed by atoms with Crippen LogP contribution in [0.15, 0.2) is 23.8 Å². The zero-order chi connectivity index (χ0) is 15.4. The number of carbonyl (C=O) groups is 1. The summed E-state index contributed by atoms with van der Waals surface area (Å²) < 4.78 is 0. The normalized spacial score (nSPS) is 10.4. The van der Waals surface area contributed by atoms with Crippen molar-refractivity contribution in [2.45, 2.75) is 13.3 Å². The van der Waals surface area contributed by atoms with Crippen LogP contribution in [0.2, 0.25) is 0 Å². The average Bonchev–Trinajstić information content (AvgIpc) is 3.09. The molecule has 3 aromatic rings. The van der Waals surface area contributed by atoms with E-state index >= 15 is 0 Å². The van der Waals surface area contributed by atoms with Gasteiger partial charge >= 0.3 is 0 Å². The Morgan fingerprint density at radius 2 is 2.05 bits per heavy atom. The zero-order valence-corrected chi connectivity index (χ0v) is 13.1. The lowest BCUT2D eigenvalue weighted by Gasteiger charge is -1.99. The third kappa shape index (κ3) is 3.80. The van der Waals surface area contributed by atoms with E-state index < -0.39 is 0 Å². The number of rotatable bonds is 5. The summed E-state index contributed by atoms with van der Waals surface area (Å²) in [5.41, 5.74) is 0.669. The van der Waals surface area contributed by atoms with Crippen LogP contribution in [0.1, 0.15) is 10.7 Å². The molecular weight excluding hydrogens is 322 g/mol. The second kappa shape index (κ2) is 6.54. The molecule has 0 aliphatic heterocycles. The Bertz CT molecular complexity index is 771. The van der Waals surface area contributed by atoms with Crippen LogP contribution in [0, 0.1) is 6.92 Å². The highest BCUT2D eigenvalue weighted by atomic mass is 32.1. The number of amides is 1. The number of anilines is 3. The SMILES string of the molecule is Cc1nnc(NC(=O)Cc2csc(Nc3ncccn3)n2)s1. The van der Waals surface area contributed by atoms with Gasteiger partial charge in [-0.25, -0.2) is 15.0 Å². The Morgan fingerprint density at radius 1 is 1.23 bits per heavy atom. The van der Waals surface area contributed by atoms with Crippen molar-refractivity contribution in [2.24, 2.45) is 0 Å². The molecule has 0 bridgehead atoms. The first-order valence-electron chi connectivity index (χ1n) is 6.27. The maximum Gasteiger partial charge on any atom is 0.232 e. The second-order valence-corrected chi connectivity index (χ2v) is 6.23. The number of aromatic nitrogens is 5. The van der Waals surface area contributed by atoms with Gasteiger partial charge in [0.15, 0.2) is 5.13 Å². The maximum absolute atomic E-state index is 11.9. The van der Waals surface area contributed by atoms with E-state index in [0.29, 0.717) is 21.9 Å². The number of aryl methyl sites for hydroxylation is 1. The number of hydrogen-bond donors (Lipinski definition) is 2. The quantitative estimate of drug-likeness (QED) is 0.735. The highest BCUT2D eigenvalue weighted by Gasteiger charge is 2.10. The van der Waals surface area contributed by atoms with Crippen molar-refractivity contribution in [2.75, 3.05) is 10.6 Å². The van der Waals surface area contributed by atoms with Gasteiger partial charge in [0.1, 0.15) is 5.01 Å². The van der Waals surface area contributed by atoms with Crippen LogP contribution in [-0.2, 0) is 11.2 Å². The van der Waals surface area contributed by atoms with E-state index in [1.165, 1.54) is 22.7 Å². The van der Waals surface area contributed by atoms with Crippen molar-refractivity contribution < 1.29 is 4.79 Å². The van der Waals surface area contributed by atoms with Crippen LogP contribution in [0.25, 0.3) is 0 Å². The van der Waals surface area contributed by atoms with E-state index in [1.54, 1.807) is 18.5 Å². The molecule has 8 nitrogen and oxygen atoms in total. The lowest BCUT2D eigenvalue weighted by Crippen LogP contribution is -2.14. The molecule has 2 N–H and O–H groups in total. The molecular formula is C12H11N7OS2. The third-order valence-corrected chi connectivity index (χ3v) is 4.01. The first kappa shape index (κ1) is 14.5. The van der Waals surface area contributed by atoms with Crippen molar-refractivity contribution in [3.63, 3.8) is 0 Å². The molecule has 22 heavy (non-hydrogen) atoms. The standard InChI is InChI=1S/C12H11N7OS2/c1-7-18-19-12(22-7)16-9(20)5-8-6-21-11(15-8)17-10-13-3-2-4-14-10/h2-4,6H,5H2,1H3,(H,16,19,20)(H,13,14,15,17). The summed E-state index contributed by atoms with van der Waals surface area (Å²) in [5, 5.41) is 17.1. The van der Waals surface area contributed by atoms with E-state index in [4.69, 9.17) is 0 Å². The van der Waals surface area contributed by atoms with Crippen LogP contribution >= 0.6 is 22.7 Å². The zero-order valence-electron chi connectivity index (χ0n) is 11.5.